The predicted octanol–water partition coefficient (Wildman–Crippen LogP) is 5.93. The molecule has 0 saturated heterocycles. The van der Waals surface area contributed by atoms with E-state index < -0.39 is 0 Å². The van der Waals surface area contributed by atoms with Gasteiger partial charge in [-0.15, -0.1) is 0 Å². The number of fused-ring (bicyclic) bond motifs is 1. The molecule has 2 aromatic carbocycles. The van der Waals surface area contributed by atoms with E-state index in [0.717, 1.165) is 40.1 Å². The molecule has 1 aliphatic carbocycles. The summed E-state index contributed by atoms with van der Waals surface area (Å²) in [5.41, 5.74) is 3.96. The average molecular weight is 346 g/mol. The first kappa shape index (κ1) is 16.7. The third-order valence-corrected chi connectivity index (χ3v) is 5.37. The maximum atomic E-state index is 11.1. The summed E-state index contributed by atoms with van der Waals surface area (Å²) in [6.45, 7) is 0. The second kappa shape index (κ2) is 7.24. The molecule has 0 amide bonds. The molecule has 0 bridgehead atoms. The van der Waals surface area contributed by atoms with Crippen LogP contribution in [-0.2, 0) is 6.42 Å². The lowest BCUT2D eigenvalue weighted by Gasteiger charge is -2.21. The van der Waals surface area contributed by atoms with Crippen molar-refractivity contribution in [3.8, 4) is 11.1 Å². The van der Waals surface area contributed by atoms with E-state index >= 15 is 0 Å². The first-order chi connectivity index (χ1) is 12.7. The molecular weight excluding hydrogens is 324 g/mol. The van der Waals surface area contributed by atoms with E-state index in [1.165, 1.54) is 38.2 Å². The molecular formula is C22H22N2O2. The number of nitrogens with zero attached hydrogens (tertiary/aromatic N) is 2. The van der Waals surface area contributed by atoms with Crippen LogP contribution in [0.3, 0.4) is 0 Å². The summed E-state index contributed by atoms with van der Waals surface area (Å²) in [6.07, 6.45) is 7.64. The molecule has 4 heteroatoms. The Bertz CT molecular complexity index is 946. The van der Waals surface area contributed by atoms with Gasteiger partial charge in [-0.05, 0) is 24.0 Å². The standard InChI is InChI=1S/C22H22N2O2/c25-24(26)20-10-4-9-18(15-20)21-11-5-8-17-12-13-19(23-22(17)21)14-16-6-2-1-3-7-16/h4-5,8-13,15-16H,1-3,6-7,14H2. The minimum absolute atomic E-state index is 0.109. The van der Waals surface area contributed by atoms with Crippen LogP contribution in [0.2, 0.25) is 0 Å². The van der Waals surface area contributed by atoms with Crippen LogP contribution in [0.1, 0.15) is 37.8 Å². The fraction of sp³-hybridized carbons (Fsp3) is 0.318. The van der Waals surface area contributed by atoms with Gasteiger partial charge in [0.05, 0.1) is 10.4 Å². The van der Waals surface area contributed by atoms with Crippen molar-refractivity contribution in [1.29, 1.82) is 0 Å². The van der Waals surface area contributed by atoms with Gasteiger partial charge in [-0.3, -0.25) is 15.1 Å². The Morgan fingerprint density at radius 2 is 1.81 bits per heavy atom. The quantitative estimate of drug-likeness (QED) is 0.434. The third-order valence-electron chi connectivity index (χ3n) is 5.37. The number of nitro groups is 1. The molecule has 1 saturated carbocycles. The lowest BCUT2D eigenvalue weighted by Crippen LogP contribution is -2.10. The van der Waals surface area contributed by atoms with E-state index in [1.807, 2.05) is 24.3 Å². The maximum absolute atomic E-state index is 11.1. The molecule has 0 N–H and O–H groups in total. The zero-order valence-electron chi connectivity index (χ0n) is 14.7. The van der Waals surface area contributed by atoms with Gasteiger partial charge < -0.3 is 0 Å². The van der Waals surface area contributed by atoms with Crippen LogP contribution in [0.25, 0.3) is 22.0 Å². The van der Waals surface area contributed by atoms with E-state index in [0.29, 0.717) is 0 Å². The normalized spacial score (nSPS) is 15.2. The molecule has 132 valence electrons. The van der Waals surface area contributed by atoms with E-state index in [1.54, 1.807) is 12.1 Å². The van der Waals surface area contributed by atoms with Crippen molar-refractivity contribution >= 4 is 16.6 Å². The molecule has 26 heavy (non-hydrogen) atoms. The van der Waals surface area contributed by atoms with Crippen LogP contribution in [0, 0.1) is 16.0 Å². The van der Waals surface area contributed by atoms with E-state index in [-0.39, 0.29) is 10.6 Å². The Kier molecular flexibility index (Phi) is 4.65. The third kappa shape index (κ3) is 3.45. The summed E-state index contributed by atoms with van der Waals surface area (Å²) in [5.74, 6) is 0.735. The molecule has 0 unspecified atom stereocenters. The SMILES string of the molecule is O=[N+]([O-])c1cccc(-c2cccc3ccc(CC4CCCCC4)nc23)c1. The van der Waals surface area contributed by atoms with Gasteiger partial charge in [0.15, 0.2) is 0 Å². The Hall–Kier alpha value is -2.75. The molecule has 0 aliphatic heterocycles. The number of benzene rings is 2. The fourth-order valence-electron chi connectivity index (χ4n) is 4.01. The molecule has 0 atom stereocenters. The van der Waals surface area contributed by atoms with E-state index in [4.69, 9.17) is 4.98 Å². The van der Waals surface area contributed by atoms with Crippen LogP contribution in [0.4, 0.5) is 5.69 Å². The smallest absolute Gasteiger partial charge is 0.258 e. The highest BCUT2D eigenvalue weighted by Crippen LogP contribution is 2.31. The summed E-state index contributed by atoms with van der Waals surface area (Å²) in [7, 11) is 0. The second-order valence-corrected chi connectivity index (χ2v) is 7.20. The van der Waals surface area contributed by atoms with Gasteiger partial charge in [0.1, 0.15) is 0 Å². The van der Waals surface area contributed by atoms with Crippen molar-refractivity contribution in [2.24, 2.45) is 5.92 Å². The van der Waals surface area contributed by atoms with E-state index in [9.17, 15) is 10.1 Å². The number of aromatic nitrogens is 1. The van der Waals surface area contributed by atoms with Crippen LogP contribution in [-0.4, -0.2) is 9.91 Å². The summed E-state index contributed by atoms with van der Waals surface area (Å²) in [5, 5.41) is 12.2. The fourth-order valence-corrected chi connectivity index (χ4v) is 4.01. The first-order valence-electron chi connectivity index (χ1n) is 9.34. The minimum Gasteiger partial charge on any atom is -0.258 e. The van der Waals surface area contributed by atoms with Crippen molar-refractivity contribution < 1.29 is 4.92 Å². The highest BCUT2D eigenvalue weighted by Gasteiger charge is 2.16. The Labute approximate surface area is 153 Å². The van der Waals surface area contributed by atoms with Gasteiger partial charge in [-0.25, -0.2) is 0 Å². The zero-order valence-corrected chi connectivity index (χ0v) is 14.7. The van der Waals surface area contributed by atoms with Crippen molar-refractivity contribution in [2.75, 3.05) is 0 Å². The number of hydrogen-bond acceptors (Lipinski definition) is 3. The molecule has 1 aliphatic rings. The summed E-state index contributed by atoms with van der Waals surface area (Å²) >= 11 is 0. The molecule has 4 nitrogen and oxygen atoms in total. The highest BCUT2D eigenvalue weighted by molar-refractivity contribution is 5.94. The Morgan fingerprint density at radius 1 is 1.00 bits per heavy atom. The summed E-state index contributed by atoms with van der Waals surface area (Å²) in [4.78, 5) is 15.7. The second-order valence-electron chi connectivity index (χ2n) is 7.20. The van der Waals surface area contributed by atoms with Crippen LogP contribution < -0.4 is 0 Å². The van der Waals surface area contributed by atoms with Gasteiger partial charge >= 0.3 is 0 Å². The first-order valence-corrected chi connectivity index (χ1v) is 9.34. The molecule has 0 radical (unpaired) electrons. The predicted molar refractivity (Wildman–Crippen MR) is 104 cm³/mol. The van der Waals surface area contributed by atoms with Gasteiger partial charge in [0, 0.05) is 28.8 Å². The molecule has 4 rings (SSSR count). The molecule has 1 fully saturated rings. The summed E-state index contributed by atoms with van der Waals surface area (Å²) < 4.78 is 0. The lowest BCUT2D eigenvalue weighted by molar-refractivity contribution is -0.384. The average Bonchev–Trinajstić information content (AvgIpc) is 2.68. The number of nitro benzene ring substituents is 1. The molecule has 1 aromatic heterocycles. The Balaban J connectivity index is 1.73. The number of non-ortho nitro benzene ring substituents is 1. The van der Waals surface area contributed by atoms with Gasteiger partial charge in [0.2, 0.25) is 0 Å². The van der Waals surface area contributed by atoms with Crippen molar-refractivity contribution in [3.63, 3.8) is 0 Å². The number of rotatable bonds is 4. The van der Waals surface area contributed by atoms with Gasteiger partial charge in [-0.2, -0.15) is 0 Å². The molecule has 0 spiro atoms. The van der Waals surface area contributed by atoms with Crippen molar-refractivity contribution in [2.45, 2.75) is 38.5 Å². The zero-order chi connectivity index (χ0) is 17.9. The van der Waals surface area contributed by atoms with Crippen molar-refractivity contribution in [1.82, 2.24) is 4.98 Å². The van der Waals surface area contributed by atoms with Crippen molar-refractivity contribution in [3.05, 3.63) is 70.4 Å². The van der Waals surface area contributed by atoms with Gasteiger partial charge in [-0.1, -0.05) is 68.5 Å². The van der Waals surface area contributed by atoms with Crippen LogP contribution >= 0.6 is 0 Å². The highest BCUT2D eigenvalue weighted by atomic mass is 16.6. The minimum atomic E-state index is -0.351. The monoisotopic (exact) mass is 346 g/mol. The van der Waals surface area contributed by atoms with Crippen LogP contribution in [0.15, 0.2) is 54.6 Å². The summed E-state index contributed by atoms with van der Waals surface area (Å²) in [6, 6.07) is 17.1. The molecule has 1 heterocycles. The Morgan fingerprint density at radius 3 is 2.62 bits per heavy atom. The maximum Gasteiger partial charge on any atom is 0.270 e. The van der Waals surface area contributed by atoms with E-state index in [2.05, 4.69) is 12.1 Å². The largest absolute Gasteiger partial charge is 0.270 e. The lowest BCUT2D eigenvalue weighted by atomic mass is 9.86. The topological polar surface area (TPSA) is 56.0 Å². The molecule has 3 aromatic rings. The van der Waals surface area contributed by atoms with Gasteiger partial charge in [0.25, 0.3) is 5.69 Å². The number of hydrogen-bond donors (Lipinski definition) is 0. The van der Waals surface area contributed by atoms with Crippen LogP contribution in [0.5, 0.6) is 0 Å². The number of pyridine rings is 1. The number of para-hydroxylation sites is 1.